The van der Waals surface area contributed by atoms with Crippen LogP contribution in [0.25, 0.3) is 11.1 Å². The van der Waals surface area contributed by atoms with Crippen LogP contribution < -0.4 is 15.8 Å². The summed E-state index contributed by atoms with van der Waals surface area (Å²) in [5, 5.41) is 2.28. The second kappa shape index (κ2) is 10.3. The van der Waals surface area contributed by atoms with Crippen LogP contribution in [-0.2, 0) is 12.8 Å². The van der Waals surface area contributed by atoms with Crippen molar-refractivity contribution in [3.63, 3.8) is 0 Å². The van der Waals surface area contributed by atoms with Gasteiger partial charge in [0.25, 0.3) is 5.91 Å². The number of rotatable bonds is 7. The van der Waals surface area contributed by atoms with Crippen LogP contribution >= 0.6 is 0 Å². The Hall–Kier alpha value is -4.02. The summed E-state index contributed by atoms with van der Waals surface area (Å²) in [4.78, 5) is 37.1. The predicted molar refractivity (Wildman–Crippen MR) is 125 cm³/mol. The number of hydrogen-bond acceptors (Lipinski definition) is 6. The van der Waals surface area contributed by atoms with Crippen LogP contribution in [0.15, 0.2) is 42.9 Å². The Morgan fingerprint density at radius 2 is 1.92 bits per heavy atom. The standard InChI is InChI=1S/C25H24F3N5O3/c1-36-24-32-12-17(13-33-24)18-4-2-3-14-5-6-15(9-19(14)18)20-10-16(22(29)34)11-31-21(20)23(35)30-8-7-25(26,27)28/h2-4,10-13,15H,5-9H2,1H3,(H2,29,34)(H,30,35)/t15-/m1/s1. The van der Waals surface area contributed by atoms with Crippen LogP contribution in [0.4, 0.5) is 13.2 Å². The third kappa shape index (κ3) is 5.61. The number of nitrogens with zero attached hydrogens (tertiary/aromatic N) is 3. The van der Waals surface area contributed by atoms with Crippen LogP contribution in [-0.4, -0.2) is 46.6 Å². The van der Waals surface area contributed by atoms with Crippen molar-refractivity contribution in [2.75, 3.05) is 13.7 Å². The number of alkyl halides is 3. The van der Waals surface area contributed by atoms with Gasteiger partial charge in [0.2, 0.25) is 5.91 Å². The highest BCUT2D eigenvalue weighted by molar-refractivity contribution is 5.97. The highest BCUT2D eigenvalue weighted by Crippen LogP contribution is 2.38. The molecule has 8 nitrogen and oxygen atoms in total. The second-order valence-corrected chi connectivity index (χ2v) is 8.49. The quantitative estimate of drug-likeness (QED) is 0.513. The van der Waals surface area contributed by atoms with E-state index in [1.165, 1.54) is 19.4 Å². The van der Waals surface area contributed by atoms with Crippen molar-refractivity contribution >= 4 is 11.8 Å². The molecule has 0 unspecified atom stereocenters. The molecule has 4 rings (SSSR count). The number of nitrogens with one attached hydrogen (secondary N) is 1. The van der Waals surface area contributed by atoms with Crippen molar-refractivity contribution in [1.29, 1.82) is 0 Å². The van der Waals surface area contributed by atoms with E-state index in [1.54, 1.807) is 12.4 Å². The van der Waals surface area contributed by atoms with Crippen molar-refractivity contribution < 1.29 is 27.5 Å². The maximum Gasteiger partial charge on any atom is 0.390 e. The van der Waals surface area contributed by atoms with E-state index in [2.05, 4.69) is 20.3 Å². The molecule has 188 valence electrons. The molecule has 2 aromatic heterocycles. The molecular weight excluding hydrogens is 475 g/mol. The van der Waals surface area contributed by atoms with E-state index in [0.717, 1.165) is 22.3 Å². The van der Waals surface area contributed by atoms with Gasteiger partial charge in [-0.15, -0.1) is 0 Å². The van der Waals surface area contributed by atoms with Gasteiger partial charge >= 0.3 is 12.2 Å². The summed E-state index contributed by atoms with van der Waals surface area (Å²) in [7, 11) is 1.48. The van der Waals surface area contributed by atoms with Crippen molar-refractivity contribution in [3.8, 4) is 17.1 Å². The number of carbonyl (C=O) groups excluding carboxylic acids is 2. The Bertz CT molecular complexity index is 1280. The highest BCUT2D eigenvalue weighted by Gasteiger charge is 2.29. The van der Waals surface area contributed by atoms with Gasteiger partial charge in [-0.25, -0.2) is 15.0 Å². The molecule has 1 aliphatic rings. The van der Waals surface area contributed by atoms with Gasteiger partial charge in [-0.3, -0.25) is 9.59 Å². The molecule has 0 fully saturated rings. The number of amides is 2. The molecule has 0 saturated carbocycles. The van der Waals surface area contributed by atoms with Crippen molar-refractivity contribution in [3.05, 3.63) is 70.8 Å². The SMILES string of the molecule is COc1ncc(-c2cccc3c2C[C@H](c2cc(C(N)=O)cnc2C(=O)NCCC(F)(F)F)CC3)cn1. The normalized spacial score (nSPS) is 15.2. The molecule has 1 aromatic carbocycles. The Kier molecular flexibility index (Phi) is 7.18. The Morgan fingerprint density at radius 1 is 1.17 bits per heavy atom. The summed E-state index contributed by atoms with van der Waals surface area (Å²) in [6.07, 6.45) is 0.819. The first-order valence-electron chi connectivity index (χ1n) is 11.3. The molecule has 1 atom stereocenters. The zero-order valence-electron chi connectivity index (χ0n) is 19.4. The minimum absolute atomic E-state index is 0.0131. The number of hydrogen-bond donors (Lipinski definition) is 2. The number of ether oxygens (including phenoxy) is 1. The molecule has 3 N–H and O–H groups in total. The van der Waals surface area contributed by atoms with Gasteiger partial charge in [-0.05, 0) is 53.5 Å². The van der Waals surface area contributed by atoms with E-state index in [4.69, 9.17) is 10.5 Å². The molecule has 0 bridgehead atoms. The van der Waals surface area contributed by atoms with Gasteiger partial charge in [-0.1, -0.05) is 18.2 Å². The molecule has 0 spiro atoms. The molecule has 11 heteroatoms. The summed E-state index contributed by atoms with van der Waals surface area (Å²) < 4.78 is 42.7. The van der Waals surface area contributed by atoms with E-state index in [1.807, 2.05) is 18.2 Å². The van der Waals surface area contributed by atoms with Gasteiger partial charge in [-0.2, -0.15) is 13.2 Å². The van der Waals surface area contributed by atoms with E-state index in [9.17, 15) is 22.8 Å². The van der Waals surface area contributed by atoms with Crippen molar-refractivity contribution in [2.45, 2.75) is 37.8 Å². The lowest BCUT2D eigenvalue weighted by Gasteiger charge is -2.28. The number of aromatic nitrogens is 3. The van der Waals surface area contributed by atoms with E-state index in [-0.39, 0.29) is 23.2 Å². The number of nitrogens with two attached hydrogens (primary N) is 1. The van der Waals surface area contributed by atoms with Gasteiger partial charge in [0.1, 0.15) is 5.69 Å². The van der Waals surface area contributed by atoms with Crippen molar-refractivity contribution in [1.82, 2.24) is 20.3 Å². The van der Waals surface area contributed by atoms with Crippen LogP contribution in [0.1, 0.15) is 56.3 Å². The lowest BCUT2D eigenvalue weighted by molar-refractivity contribution is -0.133. The second-order valence-electron chi connectivity index (χ2n) is 8.49. The largest absolute Gasteiger partial charge is 0.467 e. The maximum atomic E-state index is 12.8. The molecule has 0 aliphatic heterocycles. The first-order valence-corrected chi connectivity index (χ1v) is 11.3. The lowest BCUT2D eigenvalue weighted by Crippen LogP contribution is -2.30. The first-order chi connectivity index (χ1) is 17.2. The summed E-state index contributed by atoms with van der Waals surface area (Å²) in [5.74, 6) is -1.65. The van der Waals surface area contributed by atoms with Gasteiger partial charge < -0.3 is 15.8 Å². The van der Waals surface area contributed by atoms with E-state index < -0.39 is 31.0 Å². The number of halogens is 3. The fraction of sp³-hybridized carbons (Fsp3) is 0.320. The minimum atomic E-state index is -4.39. The number of methoxy groups -OCH3 is 1. The molecule has 1 aliphatic carbocycles. The van der Waals surface area contributed by atoms with E-state index in [0.29, 0.717) is 24.8 Å². The molecule has 2 heterocycles. The Labute approximate surface area is 205 Å². The number of benzene rings is 1. The van der Waals surface area contributed by atoms with Crippen LogP contribution in [0.2, 0.25) is 0 Å². The molecule has 3 aromatic rings. The van der Waals surface area contributed by atoms with Gasteiger partial charge in [0, 0.05) is 30.7 Å². The Balaban J connectivity index is 1.67. The maximum absolute atomic E-state index is 12.8. The Morgan fingerprint density at radius 3 is 2.58 bits per heavy atom. The van der Waals surface area contributed by atoms with E-state index >= 15 is 0 Å². The predicted octanol–water partition coefficient (Wildman–Crippen LogP) is 3.60. The highest BCUT2D eigenvalue weighted by atomic mass is 19.4. The third-order valence-corrected chi connectivity index (χ3v) is 6.16. The average molecular weight is 499 g/mol. The third-order valence-electron chi connectivity index (χ3n) is 6.16. The fourth-order valence-electron chi connectivity index (χ4n) is 4.40. The van der Waals surface area contributed by atoms with Crippen LogP contribution in [0, 0.1) is 0 Å². The molecule has 2 amide bonds. The van der Waals surface area contributed by atoms with Crippen molar-refractivity contribution in [2.24, 2.45) is 5.73 Å². The summed E-state index contributed by atoms with van der Waals surface area (Å²) in [5.41, 5.74) is 9.92. The van der Waals surface area contributed by atoms with Crippen LogP contribution in [0.5, 0.6) is 6.01 Å². The number of aryl methyl sites for hydroxylation is 1. The molecule has 0 radical (unpaired) electrons. The zero-order chi connectivity index (χ0) is 25.9. The topological polar surface area (TPSA) is 120 Å². The summed E-state index contributed by atoms with van der Waals surface area (Å²) in [6, 6.07) is 7.70. The number of carbonyl (C=O) groups is 2. The first kappa shape index (κ1) is 25.1. The minimum Gasteiger partial charge on any atom is -0.467 e. The molecule has 36 heavy (non-hydrogen) atoms. The van der Waals surface area contributed by atoms with Gasteiger partial charge in [0.05, 0.1) is 19.1 Å². The molecular formula is C25H24F3N5O3. The smallest absolute Gasteiger partial charge is 0.390 e. The zero-order valence-corrected chi connectivity index (χ0v) is 19.4. The molecule has 0 saturated heterocycles. The average Bonchev–Trinajstić information content (AvgIpc) is 2.87. The lowest BCUT2D eigenvalue weighted by atomic mass is 9.77. The summed E-state index contributed by atoms with van der Waals surface area (Å²) in [6.45, 7) is -0.573. The monoisotopic (exact) mass is 499 g/mol. The van der Waals surface area contributed by atoms with Crippen LogP contribution in [0.3, 0.4) is 0 Å². The number of primary amides is 1. The number of fused-ring (bicyclic) bond motifs is 1. The summed E-state index contributed by atoms with van der Waals surface area (Å²) >= 11 is 0. The van der Waals surface area contributed by atoms with Gasteiger partial charge in [0.15, 0.2) is 0 Å². The fourth-order valence-corrected chi connectivity index (χ4v) is 4.40. The number of pyridine rings is 1.